The number of ether oxygens (including phenoxy) is 2. The first-order valence-electron chi connectivity index (χ1n) is 4.95. The molecule has 0 heterocycles. The minimum atomic E-state index is -4.41. The Morgan fingerprint density at radius 2 is 1.89 bits per heavy atom. The van der Waals surface area contributed by atoms with Crippen molar-refractivity contribution in [2.45, 2.75) is 4.90 Å². The third kappa shape index (κ3) is 3.94. The molecule has 6 nitrogen and oxygen atoms in total. The van der Waals surface area contributed by atoms with Crippen LogP contribution in [0.4, 0.5) is 8.78 Å². The van der Waals surface area contributed by atoms with Gasteiger partial charge in [-0.1, -0.05) is 0 Å². The van der Waals surface area contributed by atoms with Crippen LogP contribution in [0.3, 0.4) is 0 Å². The Hall–Kier alpha value is -1.58. The van der Waals surface area contributed by atoms with Gasteiger partial charge >= 0.3 is 5.97 Å². The Bertz CT molecular complexity index is 588. The van der Waals surface area contributed by atoms with E-state index in [1.165, 1.54) is 7.11 Å². The van der Waals surface area contributed by atoms with Gasteiger partial charge in [0, 0.05) is 13.2 Å². The van der Waals surface area contributed by atoms with Crippen LogP contribution in [0, 0.1) is 11.6 Å². The summed E-state index contributed by atoms with van der Waals surface area (Å²) in [5, 5.41) is 4.74. The van der Waals surface area contributed by atoms with Crippen LogP contribution in [0.5, 0.6) is 0 Å². The predicted molar refractivity (Wildman–Crippen MR) is 59.9 cm³/mol. The summed E-state index contributed by atoms with van der Waals surface area (Å²) in [4.78, 5) is 10.5. The van der Waals surface area contributed by atoms with E-state index in [4.69, 9.17) is 5.14 Å². The number of carbonyl (C=O) groups excluding carboxylic acids is 1. The number of carbonyl (C=O) groups is 1. The largest absolute Gasteiger partial charge is 0.460 e. The zero-order chi connectivity index (χ0) is 14.6. The molecule has 1 rings (SSSR count). The van der Waals surface area contributed by atoms with E-state index in [1.807, 2.05) is 0 Å². The van der Waals surface area contributed by atoms with Gasteiger partial charge in [0.15, 0.2) is 0 Å². The average Bonchev–Trinajstić information content (AvgIpc) is 2.27. The quantitative estimate of drug-likeness (QED) is 0.627. The fourth-order valence-electron chi connectivity index (χ4n) is 1.20. The molecule has 0 aliphatic heterocycles. The molecule has 0 unspecified atom stereocenters. The lowest BCUT2D eigenvalue weighted by Crippen LogP contribution is -2.17. The highest BCUT2D eigenvalue weighted by atomic mass is 32.2. The summed E-state index contributed by atoms with van der Waals surface area (Å²) >= 11 is 0. The minimum absolute atomic E-state index is 0.0800. The molecule has 0 saturated heterocycles. The number of methoxy groups -OCH3 is 1. The molecule has 0 saturated carbocycles. The lowest BCUT2D eigenvalue weighted by atomic mass is 10.2. The van der Waals surface area contributed by atoms with Crippen molar-refractivity contribution in [3.63, 3.8) is 0 Å². The molecule has 106 valence electrons. The number of halogens is 2. The van der Waals surface area contributed by atoms with E-state index in [1.54, 1.807) is 0 Å². The van der Waals surface area contributed by atoms with Crippen LogP contribution in [0.2, 0.25) is 0 Å². The second kappa shape index (κ2) is 6.04. The summed E-state index contributed by atoms with van der Waals surface area (Å²) in [6.45, 7) is -0.0759. The molecular formula is C10H11F2NO5S. The SMILES string of the molecule is COCCOC(=O)c1cc(S(N)(=O)=O)c(F)cc1F. The summed E-state index contributed by atoms with van der Waals surface area (Å²) in [7, 11) is -3.04. The number of nitrogens with two attached hydrogens (primary N) is 1. The van der Waals surface area contributed by atoms with Crippen LogP contribution in [-0.4, -0.2) is 34.7 Å². The molecule has 9 heteroatoms. The van der Waals surface area contributed by atoms with Gasteiger partial charge in [0.25, 0.3) is 0 Å². The van der Waals surface area contributed by atoms with Crippen LogP contribution >= 0.6 is 0 Å². The molecule has 0 fully saturated rings. The average molecular weight is 295 g/mol. The molecule has 0 bridgehead atoms. The maximum atomic E-state index is 13.4. The fourth-order valence-corrected chi connectivity index (χ4v) is 1.81. The number of hydrogen-bond donors (Lipinski definition) is 1. The third-order valence-corrected chi connectivity index (χ3v) is 2.99. The van der Waals surface area contributed by atoms with E-state index in [0.717, 1.165) is 0 Å². The summed E-state index contributed by atoms with van der Waals surface area (Å²) in [6.07, 6.45) is 0. The first-order valence-corrected chi connectivity index (χ1v) is 6.50. The van der Waals surface area contributed by atoms with Crippen LogP contribution in [0.15, 0.2) is 17.0 Å². The van der Waals surface area contributed by atoms with Crippen molar-refractivity contribution in [2.75, 3.05) is 20.3 Å². The highest BCUT2D eigenvalue weighted by molar-refractivity contribution is 7.89. The normalized spacial score (nSPS) is 11.4. The second-order valence-electron chi connectivity index (χ2n) is 3.44. The highest BCUT2D eigenvalue weighted by Gasteiger charge is 2.22. The number of rotatable bonds is 5. The van der Waals surface area contributed by atoms with Crippen LogP contribution in [0.25, 0.3) is 0 Å². The molecule has 0 atom stereocenters. The van der Waals surface area contributed by atoms with E-state index in [0.29, 0.717) is 6.07 Å². The number of hydrogen-bond acceptors (Lipinski definition) is 5. The van der Waals surface area contributed by atoms with Gasteiger partial charge in [-0.05, 0) is 6.07 Å². The van der Waals surface area contributed by atoms with Crippen molar-refractivity contribution in [1.29, 1.82) is 0 Å². The molecule has 0 aliphatic carbocycles. The van der Waals surface area contributed by atoms with Gasteiger partial charge < -0.3 is 9.47 Å². The maximum Gasteiger partial charge on any atom is 0.341 e. The highest BCUT2D eigenvalue weighted by Crippen LogP contribution is 2.19. The molecule has 0 amide bonds. The zero-order valence-electron chi connectivity index (χ0n) is 9.85. The second-order valence-corrected chi connectivity index (χ2v) is 4.97. The Morgan fingerprint density at radius 3 is 2.42 bits per heavy atom. The molecule has 0 spiro atoms. The summed E-state index contributed by atoms with van der Waals surface area (Å²) in [6, 6.07) is 0.752. The van der Waals surface area contributed by atoms with Crippen LogP contribution in [-0.2, 0) is 19.5 Å². The lowest BCUT2D eigenvalue weighted by Gasteiger charge is -2.07. The van der Waals surface area contributed by atoms with Crippen molar-refractivity contribution >= 4 is 16.0 Å². The molecule has 1 aromatic carbocycles. The summed E-state index contributed by atoms with van der Waals surface area (Å²) in [5.74, 6) is -3.76. The molecule has 19 heavy (non-hydrogen) atoms. The van der Waals surface area contributed by atoms with E-state index in [9.17, 15) is 22.0 Å². The number of sulfonamides is 1. The zero-order valence-corrected chi connectivity index (χ0v) is 10.7. The van der Waals surface area contributed by atoms with E-state index >= 15 is 0 Å². The van der Waals surface area contributed by atoms with Gasteiger partial charge in [0.1, 0.15) is 23.1 Å². The molecule has 1 aromatic rings. The maximum absolute atomic E-state index is 13.4. The monoisotopic (exact) mass is 295 g/mol. The van der Waals surface area contributed by atoms with Crippen molar-refractivity contribution in [3.8, 4) is 0 Å². The van der Waals surface area contributed by atoms with Crippen molar-refractivity contribution in [1.82, 2.24) is 0 Å². The van der Waals surface area contributed by atoms with Gasteiger partial charge in [-0.15, -0.1) is 0 Å². The van der Waals surface area contributed by atoms with Gasteiger partial charge in [0.2, 0.25) is 10.0 Å². The van der Waals surface area contributed by atoms with Gasteiger partial charge in [-0.3, -0.25) is 0 Å². The molecular weight excluding hydrogens is 284 g/mol. The van der Waals surface area contributed by atoms with Crippen LogP contribution in [0.1, 0.15) is 10.4 Å². The predicted octanol–water partition coefficient (Wildman–Crippen LogP) is 0.415. The summed E-state index contributed by atoms with van der Waals surface area (Å²) < 4.78 is 57.9. The Labute approximate surface area is 108 Å². The molecule has 0 radical (unpaired) electrons. The molecule has 0 aliphatic rings. The molecule has 2 N–H and O–H groups in total. The third-order valence-electron chi connectivity index (χ3n) is 2.07. The smallest absolute Gasteiger partial charge is 0.341 e. The first-order chi connectivity index (χ1) is 8.77. The Kier molecular flexibility index (Phi) is 4.92. The summed E-state index contributed by atoms with van der Waals surface area (Å²) in [5.41, 5.74) is -0.721. The Balaban J connectivity index is 3.11. The minimum Gasteiger partial charge on any atom is -0.460 e. The van der Waals surface area contributed by atoms with Gasteiger partial charge in [-0.25, -0.2) is 27.1 Å². The topological polar surface area (TPSA) is 95.7 Å². The fraction of sp³-hybridized carbons (Fsp3) is 0.300. The van der Waals surface area contributed by atoms with Gasteiger partial charge in [0.05, 0.1) is 12.2 Å². The van der Waals surface area contributed by atoms with E-state index < -0.39 is 38.1 Å². The number of esters is 1. The number of primary sulfonamides is 1. The molecule has 0 aromatic heterocycles. The first kappa shape index (κ1) is 15.5. The van der Waals surface area contributed by atoms with Crippen molar-refractivity contribution < 1.29 is 31.5 Å². The standard InChI is InChI=1S/C10H11F2NO5S/c1-17-2-3-18-10(14)6-4-9(19(13,15)16)8(12)5-7(6)11/h4-5H,2-3H2,1H3,(H2,13,15,16). The van der Waals surface area contributed by atoms with E-state index in [-0.39, 0.29) is 19.3 Å². The van der Waals surface area contributed by atoms with Crippen molar-refractivity contribution in [3.05, 3.63) is 29.3 Å². The van der Waals surface area contributed by atoms with Crippen molar-refractivity contribution in [2.24, 2.45) is 5.14 Å². The van der Waals surface area contributed by atoms with Gasteiger partial charge in [-0.2, -0.15) is 0 Å². The Morgan fingerprint density at radius 1 is 1.26 bits per heavy atom. The van der Waals surface area contributed by atoms with Crippen LogP contribution < -0.4 is 5.14 Å². The lowest BCUT2D eigenvalue weighted by molar-refractivity contribution is 0.0382. The van der Waals surface area contributed by atoms with E-state index in [2.05, 4.69) is 9.47 Å². The number of benzene rings is 1.